The molecule has 7 nitrogen and oxygen atoms in total. The number of rotatable bonds is 7. The molecule has 7 heteroatoms. The van der Waals surface area contributed by atoms with Crippen LogP contribution in [-0.2, 0) is 16.1 Å². The third kappa shape index (κ3) is 4.12. The van der Waals surface area contributed by atoms with Crippen molar-refractivity contribution in [2.24, 2.45) is 5.73 Å². The molecule has 2 heterocycles. The molecule has 0 unspecified atom stereocenters. The van der Waals surface area contributed by atoms with E-state index in [-0.39, 0.29) is 18.0 Å². The second kappa shape index (κ2) is 9.12. The summed E-state index contributed by atoms with van der Waals surface area (Å²) in [6.07, 6.45) is 1.55. The number of imidazole rings is 1. The van der Waals surface area contributed by atoms with E-state index >= 15 is 0 Å². The number of carbonyl (C=O) groups is 2. The molecule has 1 aliphatic heterocycles. The van der Waals surface area contributed by atoms with Gasteiger partial charge in [-0.15, -0.1) is 0 Å². The Morgan fingerprint density at radius 3 is 2.47 bits per heavy atom. The summed E-state index contributed by atoms with van der Waals surface area (Å²) in [5.74, 6) is 0.457. The Kier molecular flexibility index (Phi) is 6.28. The van der Waals surface area contributed by atoms with Gasteiger partial charge in [0, 0.05) is 19.0 Å². The number of aromatic nitrogens is 2. The van der Waals surface area contributed by atoms with Crippen molar-refractivity contribution in [3.63, 3.8) is 0 Å². The molecule has 3 aromatic rings. The third-order valence-corrected chi connectivity index (χ3v) is 6.50. The smallest absolute Gasteiger partial charge is 0.240 e. The zero-order valence-electron chi connectivity index (χ0n) is 18.9. The highest BCUT2D eigenvalue weighted by atomic mass is 16.2. The number of carbonyl (C=O) groups excluding carboxylic acids is 2. The molecular formula is C25H31N5O2. The summed E-state index contributed by atoms with van der Waals surface area (Å²) >= 11 is 0. The van der Waals surface area contributed by atoms with E-state index in [0.29, 0.717) is 25.8 Å². The van der Waals surface area contributed by atoms with Gasteiger partial charge in [-0.2, -0.15) is 0 Å². The van der Waals surface area contributed by atoms with Crippen molar-refractivity contribution in [3.05, 3.63) is 66.0 Å². The lowest BCUT2D eigenvalue weighted by Crippen LogP contribution is -2.45. The molecule has 1 fully saturated rings. The van der Waals surface area contributed by atoms with Crippen LogP contribution in [0.1, 0.15) is 36.7 Å². The van der Waals surface area contributed by atoms with Crippen LogP contribution in [0.2, 0.25) is 0 Å². The molecule has 0 spiro atoms. The van der Waals surface area contributed by atoms with Crippen molar-refractivity contribution in [1.29, 1.82) is 0 Å². The highest BCUT2D eigenvalue weighted by Gasteiger charge is 2.47. The Morgan fingerprint density at radius 2 is 1.78 bits per heavy atom. The van der Waals surface area contributed by atoms with Gasteiger partial charge in [0.15, 0.2) is 0 Å². The second-order valence-corrected chi connectivity index (χ2v) is 8.74. The molecule has 2 amide bonds. The van der Waals surface area contributed by atoms with Crippen molar-refractivity contribution in [2.75, 3.05) is 14.1 Å². The lowest BCUT2D eigenvalue weighted by Gasteiger charge is -2.33. The fraction of sp³-hybridized carbons (Fsp3) is 0.400. The highest BCUT2D eigenvalue weighted by molar-refractivity contribution is 5.88. The molecule has 0 saturated carbocycles. The number of likely N-dealkylation sites (tertiary alicyclic amines) is 1. The molecule has 32 heavy (non-hydrogen) atoms. The quantitative estimate of drug-likeness (QED) is 0.621. The Hall–Kier alpha value is -3.19. The Morgan fingerprint density at radius 1 is 1.09 bits per heavy atom. The van der Waals surface area contributed by atoms with Crippen LogP contribution in [0.25, 0.3) is 11.0 Å². The number of hydrogen-bond acceptors (Lipinski definition) is 4. The predicted molar refractivity (Wildman–Crippen MR) is 125 cm³/mol. The maximum atomic E-state index is 13.5. The molecule has 1 saturated heterocycles. The minimum absolute atomic E-state index is 0.0266. The van der Waals surface area contributed by atoms with Crippen LogP contribution in [-0.4, -0.2) is 57.3 Å². The van der Waals surface area contributed by atoms with E-state index in [2.05, 4.69) is 14.5 Å². The number of nitrogens with zero attached hydrogens (tertiary/aromatic N) is 4. The fourth-order valence-electron chi connectivity index (χ4n) is 4.95. The summed E-state index contributed by atoms with van der Waals surface area (Å²) in [5.41, 5.74) is 8.81. The third-order valence-electron chi connectivity index (χ3n) is 6.50. The Balaban J connectivity index is 1.55. The van der Waals surface area contributed by atoms with Crippen LogP contribution in [0.15, 0.2) is 54.6 Å². The lowest BCUT2D eigenvalue weighted by molar-refractivity contribution is -0.139. The number of likely N-dealkylation sites (N-methyl/N-ethyl adjacent to an activating group) is 1. The molecule has 0 aliphatic carbocycles. The number of primary amides is 1. The van der Waals surface area contributed by atoms with Gasteiger partial charge in [-0.25, -0.2) is 4.98 Å². The van der Waals surface area contributed by atoms with Gasteiger partial charge in [-0.3, -0.25) is 9.59 Å². The van der Waals surface area contributed by atoms with Gasteiger partial charge in [-0.1, -0.05) is 42.5 Å². The van der Waals surface area contributed by atoms with E-state index in [1.807, 2.05) is 75.6 Å². The first-order chi connectivity index (χ1) is 15.4. The van der Waals surface area contributed by atoms with Crippen LogP contribution in [0.4, 0.5) is 0 Å². The zero-order valence-corrected chi connectivity index (χ0v) is 18.9. The summed E-state index contributed by atoms with van der Waals surface area (Å²) in [5, 5.41) is 0. The van der Waals surface area contributed by atoms with Crippen LogP contribution in [0, 0.1) is 6.92 Å². The predicted octanol–water partition coefficient (Wildman–Crippen LogP) is 2.88. The molecular weight excluding hydrogens is 402 g/mol. The number of aryl methyl sites for hydroxylation is 2. The average Bonchev–Trinajstić information content (AvgIpc) is 3.33. The van der Waals surface area contributed by atoms with Gasteiger partial charge in [0.25, 0.3) is 0 Å². The van der Waals surface area contributed by atoms with Gasteiger partial charge >= 0.3 is 0 Å². The number of amides is 2. The number of nitrogens with two attached hydrogens (primary N) is 1. The molecule has 168 valence electrons. The molecule has 4 rings (SSSR count). The van der Waals surface area contributed by atoms with Crippen molar-refractivity contribution in [1.82, 2.24) is 19.4 Å². The van der Waals surface area contributed by atoms with Crippen LogP contribution >= 0.6 is 0 Å². The first kappa shape index (κ1) is 22.0. The summed E-state index contributed by atoms with van der Waals surface area (Å²) in [4.78, 5) is 34.2. The van der Waals surface area contributed by atoms with Gasteiger partial charge in [0.1, 0.15) is 11.9 Å². The Labute approximate surface area is 188 Å². The molecule has 3 atom stereocenters. The van der Waals surface area contributed by atoms with Crippen molar-refractivity contribution < 1.29 is 9.59 Å². The normalized spacial score (nSPS) is 20.9. The largest absolute Gasteiger partial charge is 0.368 e. The topological polar surface area (TPSA) is 84.5 Å². The van der Waals surface area contributed by atoms with Crippen molar-refractivity contribution in [3.8, 4) is 0 Å². The average molecular weight is 434 g/mol. The van der Waals surface area contributed by atoms with Crippen molar-refractivity contribution >= 4 is 22.8 Å². The first-order valence-electron chi connectivity index (χ1n) is 11.1. The standard InChI is InChI=1S/C25H31N5O2/c1-17-27-19-12-7-8-13-20(19)29(17)15-9-14-23(31)30-22(25(26)32)16-21(28(2)3)24(30)18-10-5-4-6-11-18/h4-8,10-13,21-22,24H,9,14-16H2,1-3H3,(H2,26,32)/t21-,22+,24+/m1/s1. The monoisotopic (exact) mass is 433 g/mol. The summed E-state index contributed by atoms with van der Waals surface area (Å²) < 4.78 is 2.15. The number of benzene rings is 2. The molecule has 1 aliphatic rings. The van der Waals surface area contributed by atoms with E-state index in [1.54, 1.807) is 4.90 Å². The number of fused-ring (bicyclic) bond motifs is 1. The van der Waals surface area contributed by atoms with Gasteiger partial charge < -0.3 is 20.1 Å². The fourth-order valence-corrected chi connectivity index (χ4v) is 4.95. The van der Waals surface area contributed by atoms with Gasteiger partial charge in [0.05, 0.1) is 17.1 Å². The SMILES string of the molecule is Cc1nc2ccccc2n1CCCC(=O)N1[C@H](C(N)=O)C[C@@H](N(C)C)[C@@H]1c1ccccc1. The van der Waals surface area contributed by atoms with Crippen LogP contribution in [0.3, 0.4) is 0 Å². The van der Waals surface area contributed by atoms with Crippen LogP contribution < -0.4 is 5.73 Å². The van der Waals surface area contributed by atoms with E-state index in [4.69, 9.17) is 5.73 Å². The van der Waals surface area contributed by atoms with Gasteiger partial charge in [0.2, 0.25) is 11.8 Å². The minimum atomic E-state index is -0.601. The van der Waals surface area contributed by atoms with E-state index in [1.165, 1.54) is 0 Å². The van der Waals surface area contributed by atoms with Crippen LogP contribution in [0.5, 0.6) is 0 Å². The summed E-state index contributed by atoms with van der Waals surface area (Å²) in [7, 11) is 3.97. The lowest BCUT2D eigenvalue weighted by atomic mass is 9.99. The summed E-state index contributed by atoms with van der Waals surface area (Å²) in [6.45, 7) is 2.68. The molecule has 0 bridgehead atoms. The first-order valence-corrected chi connectivity index (χ1v) is 11.1. The number of hydrogen-bond donors (Lipinski definition) is 1. The van der Waals surface area contributed by atoms with E-state index < -0.39 is 11.9 Å². The van der Waals surface area contributed by atoms with Crippen molar-refractivity contribution in [2.45, 2.75) is 50.9 Å². The highest BCUT2D eigenvalue weighted by Crippen LogP contribution is 2.39. The molecule has 2 N–H and O–H groups in total. The molecule has 1 aromatic heterocycles. The van der Waals surface area contributed by atoms with Gasteiger partial charge in [-0.05, 0) is 51.6 Å². The maximum absolute atomic E-state index is 13.5. The second-order valence-electron chi connectivity index (χ2n) is 8.74. The summed E-state index contributed by atoms with van der Waals surface area (Å²) in [6, 6.07) is 17.2. The molecule has 0 radical (unpaired) electrons. The van der Waals surface area contributed by atoms with E-state index in [0.717, 1.165) is 22.4 Å². The van der Waals surface area contributed by atoms with E-state index in [9.17, 15) is 9.59 Å². The number of para-hydroxylation sites is 2. The zero-order chi connectivity index (χ0) is 22.8. The molecule has 2 aromatic carbocycles. The maximum Gasteiger partial charge on any atom is 0.240 e. The minimum Gasteiger partial charge on any atom is -0.368 e. The Bertz CT molecular complexity index is 1110.